The van der Waals surface area contributed by atoms with E-state index in [1.807, 2.05) is 38.1 Å². The molecule has 2 aromatic carbocycles. The fourth-order valence-electron chi connectivity index (χ4n) is 8.89. The van der Waals surface area contributed by atoms with Gasteiger partial charge in [-0.1, -0.05) is 36.2 Å². The van der Waals surface area contributed by atoms with Crippen molar-refractivity contribution in [3.05, 3.63) is 71.8 Å². The highest BCUT2D eigenvalue weighted by atomic mass is 16.7. The van der Waals surface area contributed by atoms with Gasteiger partial charge in [0.05, 0.1) is 24.8 Å². The van der Waals surface area contributed by atoms with Crippen molar-refractivity contribution in [1.82, 2.24) is 10.2 Å². The van der Waals surface area contributed by atoms with Gasteiger partial charge in [0.25, 0.3) is 0 Å². The van der Waals surface area contributed by atoms with Crippen LogP contribution >= 0.6 is 0 Å². The van der Waals surface area contributed by atoms with Crippen molar-refractivity contribution in [2.75, 3.05) is 46.4 Å². The molecule has 2 aliphatic heterocycles. The number of hydrogen-bond acceptors (Lipinski definition) is 12. The SMILES string of the molecule is C=CCOC12Oc3ccc(OC(=O)NCC)cc3C3C(CCCCO)C(CCCCO)C=C(C(=NOCC)CC1N(Cc1ccc4c(c1)OCO4)C(=O)OCC)C32. The highest BCUT2D eigenvalue weighted by Crippen LogP contribution is 2.62. The molecule has 14 heteroatoms. The second kappa shape index (κ2) is 19.6. The van der Waals surface area contributed by atoms with Gasteiger partial charge in [0, 0.05) is 44.2 Å². The molecule has 0 radical (unpaired) electrons. The summed E-state index contributed by atoms with van der Waals surface area (Å²) in [6.07, 6.45) is 7.43. The van der Waals surface area contributed by atoms with Crippen molar-refractivity contribution in [2.24, 2.45) is 22.9 Å². The third-order valence-corrected chi connectivity index (χ3v) is 11.1. The van der Waals surface area contributed by atoms with E-state index in [1.165, 1.54) is 0 Å². The number of rotatable bonds is 19. The molecule has 0 saturated heterocycles. The van der Waals surface area contributed by atoms with Gasteiger partial charge in [0.15, 0.2) is 11.5 Å². The highest BCUT2D eigenvalue weighted by Gasteiger charge is 2.65. The van der Waals surface area contributed by atoms with E-state index >= 15 is 0 Å². The zero-order valence-corrected chi connectivity index (χ0v) is 33.3. The van der Waals surface area contributed by atoms with Crippen molar-refractivity contribution in [3.8, 4) is 23.0 Å². The van der Waals surface area contributed by atoms with Crippen molar-refractivity contribution in [2.45, 2.75) is 90.0 Å². The topological polar surface area (TPSA) is 167 Å². The summed E-state index contributed by atoms with van der Waals surface area (Å²) in [5.74, 6) is -0.179. The van der Waals surface area contributed by atoms with Gasteiger partial charge in [-0.2, -0.15) is 0 Å². The number of carbonyl (C=O) groups is 2. The van der Waals surface area contributed by atoms with Crippen LogP contribution in [0.25, 0.3) is 0 Å². The maximum Gasteiger partial charge on any atom is 0.412 e. The quantitative estimate of drug-likeness (QED) is 0.0775. The Bertz CT molecular complexity index is 1780. The molecule has 1 fully saturated rings. The summed E-state index contributed by atoms with van der Waals surface area (Å²) in [5, 5.41) is 27.1. The van der Waals surface area contributed by atoms with E-state index in [1.54, 1.807) is 30.0 Å². The summed E-state index contributed by atoms with van der Waals surface area (Å²) in [4.78, 5) is 34.5. The van der Waals surface area contributed by atoms with E-state index in [9.17, 15) is 19.8 Å². The van der Waals surface area contributed by atoms with E-state index in [-0.39, 0.29) is 63.9 Å². The normalized spacial score (nSPS) is 24.7. The number of carbonyl (C=O) groups excluding carboxylic acids is 2. The van der Waals surface area contributed by atoms with Crippen molar-refractivity contribution in [3.63, 3.8) is 0 Å². The van der Waals surface area contributed by atoms with Crippen LogP contribution in [0.2, 0.25) is 0 Å². The third kappa shape index (κ3) is 9.03. The summed E-state index contributed by atoms with van der Waals surface area (Å²) >= 11 is 0. The van der Waals surface area contributed by atoms with Gasteiger partial charge in [0.2, 0.25) is 12.6 Å². The lowest BCUT2D eigenvalue weighted by molar-refractivity contribution is -0.256. The minimum atomic E-state index is -1.49. The fourth-order valence-corrected chi connectivity index (χ4v) is 8.89. The monoisotopic (exact) mass is 791 g/mol. The minimum absolute atomic E-state index is 0.00457. The van der Waals surface area contributed by atoms with Gasteiger partial charge in [-0.3, -0.25) is 4.90 Å². The lowest BCUT2D eigenvalue weighted by atomic mass is 9.55. The molecule has 2 heterocycles. The molecule has 2 aliphatic carbocycles. The average Bonchev–Trinajstić information content (AvgIpc) is 3.68. The van der Waals surface area contributed by atoms with E-state index in [2.05, 4.69) is 18.0 Å². The number of fused-ring (bicyclic) bond motifs is 3. The lowest BCUT2D eigenvalue weighted by Gasteiger charge is -2.59. The number of oxime groups is 1. The second-order valence-electron chi connectivity index (χ2n) is 14.6. The van der Waals surface area contributed by atoms with Gasteiger partial charge in [0.1, 0.15) is 24.1 Å². The number of nitrogens with zero attached hydrogens (tertiary/aromatic N) is 2. The average molecular weight is 792 g/mol. The van der Waals surface area contributed by atoms with Crippen molar-refractivity contribution in [1.29, 1.82) is 0 Å². The largest absolute Gasteiger partial charge is 0.459 e. The molecule has 2 amide bonds. The number of hydrogen-bond donors (Lipinski definition) is 3. The molecule has 4 aliphatic rings. The smallest absolute Gasteiger partial charge is 0.412 e. The van der Waals surface area contributed by atoms with E-state index < -0.39 is 29.9 Å². The van der Waals surface area contributed by atoms with Crippen LogP contribution in [0.4, 0.5) is 9.59 Å². The maximum absolute atomic E-state index is 14.4. The van der Waals surface area contributed by atoms with Gasteiger partial charge in [-0.25, -0.2) is 9.59 Å². The molecule has 0 aromatic heterocycles. The summed E-state index contributed by atoms with van der Waals surface area (Å²) in [7, 11) is 0. The van der Waals surface area contributed by atoms with Crippen LogP contribution in [0, 0.1) is 17.8 Å². The van der Waals surface area contributed by atoms with Crippen LogP contribution in [0.1, 0.15) is 82.8 Å². The Morgan fingerprint density at radius 2 is 1.77 bits per heavy atom. The molecule has 57 heavy (non-hydrogen) atoms. The summed E-state index contributed by atoms with van der Waals surface area (Å²) < 4.78 is 37.0. The first-order valence-corrected chi connectivity index (χ1v) is 20.3. The van der Waals surface area contributed by atoms with Crippen LogP contribution in [0.15, 0.2) is 65.9 Å². The zero-order valence-electron chi connectivity index (χ0n) is 33.3. The summed E-state index contributed by atoms with van der Waals surface area (Å²) in [6, 6.07) is 10.2. The van der Waals surface area contributed by atoms with Gasteiger partial charge in [-0.15, -0.1) is 6.58 Å². The van der Waals surface area contributed by atoms with Crippen LogP contribution in [0.3, 0.4) is 0 Å². The van der Waals surface area contributed by atoms with Crippen molar-refractivity contribution < 1.29 is 53.1 Å². The number of nitrogens with one attached hydrogen (secondary N) is 1. The Balaban J connectivity index is 1.58. The molecular weight excluding hydrogens is 734 g/mol. The van der Waals surface area contributed by atoms with E-state index in [0.29, 0.717) is 54.7 Å². The van der Waals surface area contributed by atoms with E-state index in [0.717, 1.165) is 42.4 Å². The van der Waals surface area contributed by atoms with Crippen LogP contribution < -0.4 is 24.3 Å². The zero-order chi connectivity index (χ0) is 40.4. The molecule has 310 valence electrons. The molecule has 6 unspecified atom stereocenters. The Labute approximate surface area is 334 Å². The molecule has 2 aromatic rings. The Kier molecular flexibility index (Phi) is 14.4. The molecule has 0 bridgehead atoms. The molecule has 6 rings (SSSR count). The Morgan fingerprint density at radius 1 is 1.00 bits per heavy atom. The number of benzene rings is 2. The lowest BCUT2D eigenvalue weighted by Crippen LogP contribution is -2.70. The molecule has 6 atom stereocenters. The molecule has 0 spiro atoms. The van der Waals surface area contributed by atoms with Gasteiger partial charge in [-0.05, 0) is 99.8 Å². The second-order valence-corrected chi connectivity index (χ2v) is 14.6. The first-order chi connectivity index (χ1) is 27.8. The van der Waals surface area contributed by atoms with Gasteiger partial charge < -0.3 is 48.8 Å². The van der Waals surface area contributed by atoms with E-state index in [4.69, 9.17) is 38.4 Å². The predicted octanol–water partition coefficient (Wildman–Crippen LogP) is 6.84. The number of allylic oxidation sites excluding steroid dienone is 1. The molecule has 3 N–H and O–H groups in total. The molecule has 14 nitrogen and oxygen atoms in total. The number of unbranched alkanes of at least 4 members (excludes halogenated alkanes) is 2. The van der Waals surface area contributed by atoms with Crippen LogP contribution in [-0.4, -0.2) is 91.2 Å². The number of amides is 2. The Morgan fingerprint density at radius 3 is 2.51 bits per heavy atom. The van der Waals surface area contributed by atoms with Gasteiger partial charge >= 0.3 is 12.2 Å². The number of ether oxygens (including phenoxy) is 6. The fraction of sp³-hybridized carbons (Fsp3) is 0.558. The maximum atomic E-state index is 14.4. The first-order valence-electron chi connectivity index (χ1n) is 20.3. The predicted molar refractivity (Wildman–Crippen MR) is 211 cm³/mol. The van der Waals surface area contributed by atoms with Crippen molar-refractivity contribution >= 4 is 17.9 Å². The number of aliphatic hydroxyl groups is 2. The minimum Gasteiger partial charge on any atom is -0.459 e. The standard InChI is InChI=1S/C43H57N3O11/c1-5-21-54-43-38(46(42(50)51-7-3)26-28-15-17-36-37(22-28)53-27-52-36)25-34(45-55-8-4)32-23-29(13-9-11-19-47)31(14-10-12-20-48)39(40(32)43)33-24-30(16-18-35(33)57-43)56-41(49)44-6-2/h5,15-18,22-24,29,31,38-40,47-48H,1,6-14,19-21,25-27H2,2-4H3,(H,44,49). The summed E-state index contributed by atoms with van der Waals surface area (Å²) in [6.45, 7) is 10.8. The molecule has 1 saturated carbocycles. The molecular formula is C43H57N3O11. The summed E-state index contributed by atoms with van der Waals surface area (Å²) in [5.41, 5.74) is 3.18. The van der Waals surface area contributed by atoms with Crippen LogP contribution in [0.5, 0.6) is 23.0 Å². The first kappa shape index (κ1) is 41.8. The van der Waals surface area contributed by atoms with Crippen LogP contribution in [-0.2, 0) is 20.9 Å². The number of aliphatic hydroxyl groups excluding tert-OH is 2. The Hall–Kier alpha value is -4.79. The third-order valence-electron chi connectivity index (χ3n) is 11.1. The highest BCUT2D eigenvalue weighted by molar-refractivity contribution is 6.03.